The van der Waals surface area contributed by atoms with Crippen LogP contribution in [0.15, 0.2) is 29.2 Å². The van der Waals surface area contributed by atoms with Gasteiger partial charge < -0.3 is 14.6 Å². The quantitative estimate of drug-likeness (QED) is 0.800. The Hall–Kier alpha value is -1.64. The lowest BCUT2D eigenvalue weighted by Gasteiger charge is -2.36. The van der Waals surface area contributed by atoms with Gasteiger partial charge in [0.05, 0.1) is 18.1 Å². The van der Waals surface area contributed by atoms with Gasteiger partial charge in [-0.05, 0) is 29.7 Å². The molecule has 1 aromatic carbocycles. The highest BCUT2D eigenvalue weighted by Crippen LogP contribution is 2.46. The molecule has 3 rings (SSSR count). The highest BCUT2D eigenvalue weighted by atomic mass is 32.2. The summed E-state index contributed by atoms with van der Waals surface area (Å²) in [5.41, 5.74) is -0.539. The van der Waals surface area contributed by atoms with Gasteiger partial charge in [-0.3, -0.25) is 4.79 Å². The number of ether oxygens (including phenoxy) is 2. The van der Waals surface area contributed by atoms with Gasteiger partial charge in [0.25, 0.3) is 0 Å². The number of fused-ring (bicyclic) bond motifs is 1. The third-order valence-corrected chi connectivity index (χ3v) is 6.68. The molecule has 2 heterocycles. The molecule has 0 unspecified atom stereocenters. The number of aliphatic hydroxyl groups is 1. The second-order valence-corrected chi connectivity index (χ2v) is 8.77. The van der Waals surface area contributed by atoms with Crippen molar-refractivity contribution in [2.24, 2.45) is 11.3 Å². The summed E-state index contributed by atoms with van der Waals surface area (Å²) in [7, 11) is -2.40. The predicted molar refractivity (Wildman–Crippen MR) is 84.9 cm³/mol. The van der Waals surface area contributed by atoms with Gasteiger partial charge in [-0.1, -0.05) is 13.8 Å². The van der Waals surface area contributed by atoms with Crippen LogP contribution in [0.5, 0.6) is 5.75 Å². The van der Waals surface area contributed by atoms with Gasteiger partial charge in [0.1, 0.15) is 18.4 Å². The fourth-order valence-corrected chi connectivity index (χ4v) is 5.45. The zero-order valence-corrected chi connectivity index (χ0v) is 14.6. The van der Waals surface area contributed by atoms with E-state index in [0.717, 1.165) is 4.31 Å². The maximum atomic E-state index is 13.0. The number of rotatable bonds is 3. The van der Waals surface area contributed by atoms with Crippen LogP contribution in [0.25, 0.3) is 0 Å². The van der Waals surface area contributed by atoms with Crippen LogP contribution < -0.4 is 4.74 Å². The van der Waals surface area contributed by atoms with Gasteiger partial charge in [-0.15, -0.1) is 0 Å². The number of methoxy groups -OCH3 is 1. The second-order valence-electron chi connectivity index (χ2n) is 6.88. The normalized spacial score (nSPS) is 29.8. The number of aliphatic hydroxyl groups excluding tert-OH is 1. The molecule has 2 aliphatic heterocycles. The van der Waals surface area contributed by atoms with E-state index in [4.69, 9.17) is 9.47 Å². The number of carbonyl (C=O) groups excluding carboxylic acids is 1. The first-order valence-corrected chi connectivity index (χ1v) is 9.13. The predicted octanol–water partition coefficient (Wildman–Crippen LogP) is 0.628. The lowest BCUT2D eigenvalue weighted by Crippen LogP contribution is -2.52. The van der Waals surface area contributed by atoms with Crippen molar-refractivity contribution in [2.75, 3.05) is 20.3 Å². The zero-order chi connectivity index (χ0) is 17.7. The third-order valence-electron chi connectivity index (χ3n) is 4.83. The summed E-state index contributed by atoms with van der Waals surface area (Å²) >= 11 is 0. The molecule has 0 aliphatic carbocycles. The van der Waals surface area contributed by atoms with Gasteiger partial charge >= 0.3 is 5.97 Å². The van der Waals surface area contributed by atoms with Gasteiger partial charge in [0.15, 0.2) is 0 Å². The lowest BCUT2D eigenvalue weighted by atomic mass is 9.74. The first-order valence-electron chi connectivity index (χ1n) is 7.69. The van der Waals surface area contributed by atoms with E-state index < -0.39 is 39.5 Å². The molecule has 2 fully saturated rings. The van der Waals surface area contributed by atoms with Crippen molar-refractivity contribution in [3.05, 3.63) is 24.3 Å². The fourth-order valence-electron chi connectivity index (χ4n) is 3.68. The standard InChI is InChI=1S/C16H21NO6S/c1-16(2)9-17(14-13(16)12(18)8-23-15(14)19)24(20,21)11-6-4-10(22-3)5-7-11/h4-7,12-14,18H,8-9H2,1-3H3/t12-,13+,14-/m1/s1. The summed E-state index contributed by atoms with van der Waals surface area (Å²) in [4.78, 5) is 12.3. The Morgan fingerprint density at radius 2 is 1.92 bits per heavy atom. The van der Waals surface area contributed by atoms with Crippen LogP contribution in [-0.4, -0.2) is 56.2 Å². The summed E-state index contributed by atoms with van der Waals surface area (Å²) in [5, 5.41) is 10.2. The van der Waals surface area contributed by atoms with E-state index >= 15 is 0 Å². The van der Waals surface area contributed by atoms with Crippen molar-refractivity contribution in [1.82, 2.24) is 4.31 Å². The number of sulfonamides is 1. The van der Waals surface area contributed by atoms with Crippen molar-refractivity contribution in [3.63, 3.8) is 0 Å². The molecule has 1 aromatic rings. The molecular formula is C16H21NO6S. The van der Waals surface area contributed by atoms with E-state index in [2.05, 4.69) is 0 Å². The van der Waals surface area contributed by atoms with Crippen molar-refractivity contribution in [1.29, 1.82) is 0 Å². The van der Waals surface area contributed by atoms with Crippen LogP contribution in [0.3, 0.4) is 0 Å². The zero-order valence-electron chi connectivity index (χ0n) is 13.8. The SMILES string of the molecule is COc1ccc(S(=O)(=O)N2CC(C)(C)[C@H]3[C@H](O)COC(=O)[C@@H]32)cc1. The highest BCUT2D eigenvalue weighted by molar-refractivity contribution is 7.89. The smallest absolute Gasteiger partial charge is 0.324 e. The number of cyclic esters (lactones) is 1. The highest BCUT2D eigenvalue weighted by Gasteiger charge is 2.59. The van der Waals surface area contributed by atoms with Crippen LogP contribution in [0, 0.1) is 11.3 Å². The van der Waals surface area contributed by atoms with Crippen LogP contribution in [0.2, 0.25) is 0 Å². The summed E-state index contributed by atoms with van der Waals surface area (Å²) in [5.74, 6) is -0.555. The number of benzene rings is 1. The first-order chi connectivity index (χ1) is 11.2. The number of carbonyl (C=O) groups is 1. The molecule has 7 nitrogen and oxygen atoms in total. The van der Waals surface area contributed by atoms with Gasteiger partial charge in [0, 0.05) is 12.5 Å². The Morgan fingerprint density at radius 3 is 2.50 bits per heavy atom. The van der Waals surface area contributed by atoms with Crippen molar-refractivity contribution < 1.29 is 27.8 Å². The average molecular weight is 355 g/mol. The topological polar surface area (TPSA) is 93.1 Å². The number of nitrogens with zero attached hydrogens (tertiary/aromatic N) is 1. The minimum absolute atomic E-state index is 0.0765. The van der Waals surface area contributed by atoms with E-state index in [-0.39, 0.29) is 18.0 Å². The van der Waals surface area contributed by atoms with Gasteiger partial charge in [-0.2, -0.15) is 4.31 Å². The monoisotopic (exact) mass is 355 g/mol. The molecule has 0 amide bonds. The van der Waals surface area contributed by atoms with E-state index in [9.17, 15) is 18.3 Å². The Bertz CT molecular complexity index is 742. The molecule has 2 aliphatic rings. The molecule has 2 saturated heterocycles. The molecule has 1 N–H and O–H groups in total. The van der Waals surface area contributed by atoms with Crippen molar-refractivity contribution >= 4 is 16.0 Å². The van der Waals surface area contributed by atoms with E-state index in [1.54, 1.807) is 12.1 Å². The molecule has 0 radical (unpaired) electrons. The van der Waals surface area contributed by atoms with E-state index in [1.165, 1.54) is 19.2 Å². The number of hydrogen-bond acceptors (Lipinski definition) is 6. The maximum Gasteiger partial charge on any atom is 0.324 e. The molecule has 8 heteroatoms. The van der Waals surface area contributed by atoms with Gasteiger partial charge in [0.2, 0.25) is 10.0 Å². The maximum absolute atomic E-state index is 13.0. The second kappa shape index (κ2) is 5.72. The molecule has 24 heavy (non-hydrogen) atoms. The minimum Gasteiger partial charge on any atom is -0.497 e. The fraction of sp³-hybridized carbons (Fsp3) is 0.562. The molecule has 0 bridgehead atoms. The molecule has 0 aromatic heterocycles. The van der Waals surface area contributed by atoms with Gasteiger partial charge in [-0.25, -0.2) is 8.42 Å². The Labute approximate surface area is 141 Å². The summed E-state index contributed by atoms with van der Waals surface area (Å²) < 4.78 is 37.2. The number of hydrogen-bond donors (Lipinski definition) is 1. The van der Waals surface area contributed by atoms with E-state index in [0.29, 0.717) is 5.75 Å². The molecule has 3 atom stereocenters. The van der Waals surface area contributed by atoms with Crippen molar-refractivity contribution in [2.45, 2.75) is 30.9 Å². The molecule has 0 spiro atoms. The Kier molecular flexibility index (Phi) is 4.09. The average Bonchev–Trinajstić information content (AvgIpc) is 2.84. The third kappa shape index (κ3) is 2.58. The molecular weight excluding hydrogens is 334 g/mol. The Balaban J connectivity index is 2.02. The van der Waals surface area contributed by atoms with Crippen LogP contribution in [0.1, 0.15) is 13.8 Å². The Morgan fingerprint density at radius 1 is 1.29 bits per heavy atom. The van der Waals surface area contributed by atoms with Crippen LogP contribution in [0.4, 0.5) is 0 Å². The first kappa shape index (κ1) is 17.2. The summed E-state index contributed by atoms with van der Waals surface area (Å²) in [6.07, 6.45) is -0.876. The number of esters is 1. The largest absolute Gasteiger partial charge is 0.497 e. The molecule has 0 saturated carbocycles. The molecule has 132 valence electrons. The lowest BCUT2D eigenvalue weighted by molar-refractivity contribution is -0.165. The van der Waals surface area contributed by atoms with Crippen LogP contribution >= 0.6 is 0 Å². The minimum atomic E-state index is -3.90. The van der Waals surface area contributed by atoms with Crippen molar-refractivity contribution in [3.8, 4) is 5.75 Å². The van der Waals surface area contributed by atoms with E-state index in [1.807, 2.05) is 13.8 Å². The van der Waals surface area contributed by atoms with Crippen LogP contribution in [-0.2, 0) is 19.6 Å². The summed E-state index contributed by atoms with van der Waals surface area (Å²) in [6.45, 7) is 3.76. The summed E-state index contributed by atoms with van der Waals surface area (Å²) in [6, 6.07) is 4.99.